The number of hydrogen-bond acceptors (Lipinski definition) is 1. The molecule has 0 unspecified atom stereocenters. The minimum Gasteiger partial charge on any atom is -0.461 e. The molecule has 1 heteroatoms. The molecule has 1 heterocycles. The fourth-order valence-electron chi connectivity index (χ4n) is 3.52. The van der Waals surface area contributed by atoms with Gasteiger partial charge in [-0.3, -0.25) is 0 Å². The van der Waals surface area contributed by atoms with Crippen molar-refractivity contribution in [3.63, 3.8) is 0 Å². The molecule has 86 valence electrons. The summed E-state index contributed by atoms with van der Waals surface area (Å²) < 4.78 is 5.96. The zero-order chi connectivity index (χ0) is 11.4. The van der Waals surface area contributed by atoms with E-state index in [1.165, 1.54) is 35.8 Å². The van der Waals surface area contributed by atoms with Gasteiger partial charge in [-0.05, 0) is 61.8 Å². The largest absolute Gasteiger partial charge is 0.461 e. The van der Waals surface area contributed by atoms with Crippen molar-refractivity contribution in [2.24, 2.45) is 0 Å². The minimum atomic E-state index is 1.05. The average Bonchev–Trinajstić information content (AvgIpc) is 2.94. The van der Waals surface area contributed by atoms with Gasteiger partial charge >= 0.3 is 0 Å². The molecule has 0 atom stereocenters. The van der Waals surface area contributed by atoms with Gasteiger partial charge < -0.3 is 4.42 Å². The second-order valence-electron chi connectivity index (χ2n) is 5.25. The van der Waals surface area contributed by atoms with Crippen LogP contribution in [0.15, 0.2) is 22.6 Å². The first-order valence-electron chi connectivity index (χ1n) is 6.55. The third-order valence-electron chi connectivity index (χ3n) is 4.21. The number of fused-ring (bicyclic) bond motifs is 6. The monoisotopic (exact) mass is 224 g/mol. The van der Waals surface area contributed by atoms with Crippen LogP contribution in [0.25, 0.3) is 11.0 Å². The summed E-state index contributed by atoms with van der Waals surface area (Å²) in [5.41, 5.74) is 7.41. The smallest absolute Gasteiger partial charge is 0.138 e. The van der Waals surface area contributed by atoms with Crippen molar-refractivity contribution in [1.82, 2.24) is 0 Å². The number of hydrogen-bond donors (Lipinski definition) is 0. The number of furan rings is 1. The summed E-state index contributed by atoms with van der Waals surface area (Å²) >= 11 is 0. The van der Waals surface area contributed by atoms with E-state index in [1.807, 2.05) is 0 Å². The van der Waals surface area contributed by atoms with Gasteiger partial charge in [0.2, 0.25) is 0 Å². The zero-order valence-corrected chi connectivity index (χ0v) is 10.2. The molecule has 2 aromatic rings. The Morgan fingerprint density at radius 2 is 1.71 bits per heavy atom. The predicted molar refractivity (Wildman–Crippen MR) is 69.5 cm³/mol. The van der Waals surface area contributed by atoms with E-state index in [0.29, 0.717) is 0 Å². The molecular formula is C16H16O. The van der Waals surface area contributed by atoms with E-state index in [4.69, 9.17) is 4.42 Å². The maximum Gasteiger partial charge on any atom is 0.138 e. The van der Waals surface area contributed by atoms with Gasteiger partial charge in [-0.1, -0.05) is 12.2 Å². The molecule has 4 rings (SSSR count). The van der Waals surface area contributed by atoms with Gasteiger partial charge in [0.15, 0.2) is 0 Å². The van der Waals surface area contributed by atoms with Crippen molar-refractivity contribution in [3.8, 4) is 0 Å². The highest BCUT2D eigenvalue weighted by Gasteiger charge is 2.24. The zero-order valence-electron chi connectivity index (χ0n) is 10.2. The number of aryl methyl sites for hydroxylation is 2. The Labute approximate surface area is 101 Å². The highest BCUT2D eigenvalue weighted by atomic mass is 16.3. The maximum absolute atomic E-state index is 5.96. The van der Waals surface area contributed by atoms with Crippen LogP contribution in [-0.4, -0.2) is 0 Å². The van der Waals surface area contributed by atoms with Gasteiger partial charge in [-0.15, -0.1) is 0 Å². The number of benzene rings is 1. The summed E-state index contributed by atoms with van der Waals surface area (Å²) in [5, 5.41) is 1.39. The standard InChI is InChI=1S/C16H16O/c1-10-9-15-13-8-4-7-11(13)12-5-2-3-6-14(12)16(15)17-10/h2-3,9H,4-8H2,1H3. The third-order valence-corrected chi connectivity index (χ3v) is 4.21. The predicted octanol–water partition coefficient (Wildman–Crippen LogP) is 3.88. The molecule has 0 aliphatic heterocycles. The molecular weight excluding hydrogens is 208 g/mol. The lowest BCUT2D eigenvalue weighted by Gasteiger charge is -2.16. The molecule has 17 heavy (non-hydrogen) atoms. The van der Waals surface area contributed by atoms with E-state index < -0.39 is 0 Å². The van der Waals surface area contributed by atoms with Crippen molar-refractivity contribution < 1.29 is 4.42 Å². The molecule has 1 aromatic carbocycles. The molecule has 0 saturated carbocycles. The molecule has 0 fully saturated rings. The Morgan fingerprint density at radius 1 is 0.941 bits per heavy atom. The van der Waals surface area contributed by atoms with Crippen molar-refractivity contribution >= 4 is 11.0 Å². The van der Waals surface area contributed by atoms with E-state index in [0.717, 1.165) is 18.6 Å². The molecule has 1 nitrogen and oxygen atoms in total. The summed E-state index contributed by atoms with van der Waals surface area (Å²) in [6.45, 7) is 2.06. The summed E-state index contributed by atoms with van der Waals surface area (Å²) in [6, 6.07) is 2.23. The van der Waals surface area contributed by atoms with Crippen molar-refractivity contribution in [3.05, 3.63) is 46.2 Å². The van der Waals surface area contributed by atoms with Gasteiger partial charge in [0.1, 0.15) is 11.3 Å². The summed E-state index contributed by atoms with van der Waals surface area (Å²) in [7, 11) is 0. The average molecular weight is 224 g/mol. The fourth-order valence-corrected chi connectivity index (χ4v) is 3.52. The van der Waals surface area contributed by atoms with Crippen LogP contribution in [-0.2, 0) is 25.7 Å². The van der Waals surface area contributed by atoms with Gasteiger partial charge in [-0.2, -0.15) is 0 Å². The van der Waals surface area contributed by atoms with Crippen LogP contribution in [0.5, 0.6) is 0 Å². The Hall–Kier alpha value is -1.50. The molecule has 0 radical (unpaired) electrons. The summed E-state index contributed by atoms with van der Waals surface area (Å²) in [5.74, 6) is 1.05. The Kier molecular flexibility index (Phi) is 1.82. The molecule has 0 N–H and O–H groups in total. The van der Waals surface area contributed by atoms with Crippen LogP contribution >= 0.6 is 0 Å². The Morgan fingerprint density at radius 3 is 2.59 bits per heavy atom. The molecule has 0 spiro atoms. The SMILES string of the molecule is Cc1cc2c3c(c4c(c2o1)CC=CC4)CCC3. The summed E-state index contributed by atoms with van der Waals surface area (Å²) in [6.07, 6.45) is 10.6. The quantitative estimate of drug-likeness (QED) is 0.619. The topological polar surface area (TPSA) is 13.1 Å². The molecule has 1 aromatic heterocycles. The fraction of sp³-hybridized carbons (Fsp3) is 0.375. The van der Waals surface area contributed by atoms with E-state index in [2.05, 4.69) is 25.1 Å². The number of rotatable bonds is 0. The van der Waals surface area contributed by atoms with Crippen LogP contribution in [0.1, 0.15) is 34.4 Å². The summed E-state index contributed by atoms with van der Waals surface area (Å²) in [4.78, 5) is 0. The first-order valence-corrected chi connectivity index (χ1v) is 6.55. The molecule has 0 saturated heterocycles. The Bertz CT molecular complexity index is 643. The van der Waals surface area contributed by atoms with Crippen LogP contribution in [0, 0.1) is 6.92 Å². The van der Waals surface area contributed by atoms with Crippen LogP contribution < -0.4 is 0 Å². The maximum atomic E-state index is 5.96. The van der Waals surface area contributed by atoms with Crippen LogP contribution in [0.4, 0.5) is 0 Å². The van der Waals surface area contributed by atoms with Crippen LogP contribution in [0.2, 0.25) is 0 Å². The molecule has 0 amide bonds. The molecule has 0 bridgehead atoms. The van der Waals surface area contributed by atoms with E-state index in [1.54, 1.807) is 16.7 Å². The van der Waals surface area contributed by atoms with Gasteiger partial charge in [0.25, 0.3) is 0 Å². The lowest BCUT2D eigenvalue weighted by atomic mass is 9.88. The van der Waals surface area contributed by atoms with Crippen LogP contribution in [0.3, 0.4) is 0 Å². The minimum absolute atomic E-state index is 1.05. The second kappa shape index (κ2) is 3.25. The van der Waals surface area contributed by atoms with Gasteiger partial charge in [-0.25, -0.2) is 0 Å². The Balaban J connectivity index is 2.17. The van der Waals surface area contributed by atoms with Gasteiger partial charge in [0, 0.05) is 10.9 Å². The van der Waals surface area contributed by atoms with E-state index >= 15 is 0 Å². The van der Waals surface area contributed by atoms with E-state index in [-0.39, 0.29) is 0 Å². The van der Waals surface area contributed by atoms with Crippen molar-refractivity contribution in [2.45, 2.75) is 39.0 Å². The molecule has 2 aliphatic carbocycles. The molecule has 2 aliphatic rings. The van der Waals surface area contributed by atoms with Crippen molar-refractivity contribution in [2.75, 3.05) is 0 Å². The highest BCUT2D eigenvalue weighted by molar-refractivity contribution is 5.88. The first-order chi connectivity index (χ1) is 8.34. The van der Waals surface area contributed by atoms with Crippen molar-refractivity contribution in [1.29, 1.82) is 0 Å². The first kappa shape index (κ1) is 9.52. The number of allylic oxidation sites excluding steroid dienone is 2. The van der Waals surface area contributed by atoms with E-state index in [9.17, 15) is 0 Å². The normalized spacial score (nSPS) is 17.5. The van der Waals surface area contributed by atoms with Gasteiger partial charge in [0.05, 0.1) is 0 Å². The highest BCUT2D eigenvalue weighted by Crippen LogP contribution is 2.39. The lowest BCUT2D eigenvalue weighted by Crippen LogP contribution is -2.03. The third kappa shape index (κ3) is 1.20. The lowest BCUT2D eigenvalue weighted by molar-refractivity contribution is 0.574. The second-order valence-corrected chi connectivity index (χ2v) is 5.25.